The molecule has 0 aliphatic carbocycles. The third-order valence-electron chi connectivity index (χ3n) is 4.49. The van der Waals surface area contributed by atoms with Crippen molar-refractivity contribution in [3.05, 3.63) is 69.8 Å². The highest BCUT2D eigenvalue weighted by Gasteiger charge is 2.21. The Morgan fingerprint density at radius 3 is 2.27 bits per heavy atom. The van der Waals surface area contributed by atoms with Crippen LogP contribution in [-0.4, -0.2) is 40.1 Å². The number of carbonyl (C=O) groups is 1. The molecule has 2 aromatic rings. The Morgan fingerprint density at radius 1 is 1.12 bits per heavy atom. The summed E-state index contributed by atoms with van der Waals surface area (Å²) in [5, 5.41) is 19.6. The van der Waals surface area contributed by atoms with Gasteiger partial charge in [-0.25, -0.2) is 4.79 Å². The predicted molar refractivity (Wildman–Crippen MR) is 95.4 cm³/mol. The lowest BCUT2D eigenvalue weighted by molar-refractivity contribution is -0.384. The lowest BCUT2D eigenvalue weighted by Gasteiger charge is -2.32. The number of nitro benzene ring substituents is 1. The van der Waals surface area contributed by atoms with E-state index >= 15 is 0 Å². The smallest absolute Gasteiger partial charge is 0.335 e. The molecule has 0 amide bonds. The van der Waals surface area contributed by atoms with Gasteiger partial charge in [0.2, 0.25) is 0 Å². The summed E-state index contributed by atoms with van der Waals surface area (Å²) >= 11 is 0. The van der Waals surface area contributed by atoms with Crippen LogP contribution < -0.4 is 4.74 Å². The Kier molecular flexibility index (Phi) is 5.48. The lowest BCUT2D eigenvalue weighted by Crippen LogP contribution is -2.37. The molecule has 0 spiro atoms. The van der Waals surface area contributed by atoms with Gasteiger partial charge in [-0.15, -0.1) is 0 Å². The SMILES string of the molecule is O=C(O)c1ccc(CN2CCC(Oc3ccc([N+](=O)[O-])cc3)CC2)cc1. The summed E-state index contributed by atoms with van der Waals surface area (Å²) in [5.74, 6) is -0.265. The number of benzene rings is 2. The third-order valence-corrected chi connectivity index (χ3v) is 4.49. The van der Waals surface area contributed by atoms with Gasteiger partial charge in [0, 0.05) is 31.8 Å². The first-order valence-corrected chi connectivity index (χ1v) is 8.47. The van der Waals surface area contributed by atoms with Gasteiger partial charge in [0.1, 0.15) is 11.9 Å². The van der Waals surface area contributed by atoms with E-state index in [-0.39, 0.29) is 11.8 Å². The van der Waals surface area contributed by atoms with E-state index in [1.54, 1.807) is 24.3 Å². The maximum atomic E-state index is 10.9. The number of carboxylic acids is 1. The maximum absolute atomic E-state index is 10.9. The molecule has 0 atom stereocenters. The first kappa shape index (κ1) is 17.9. The summed E-state index contributed by atoms with van der Waals surface area (Å²) in [4.78, 5) is 23.4. The minimum atomic E-state index is -0.916. The number of likely N-dealkylation sites (tertiary alicyclic amines) is 1. The zero-order valence-corrected chi connectivity index (χ0v) is 14.2. The Morgan fingerprint density at radius 2 is 1.73 bits per heavy atom. The average molecular weight is 356 g/mol. The number of ether oxygens (including phenoxy) is 1. The molecule has 7 nitrogen and oxygen atoms in total. The van der Waals surface area contributed by atoms with Gasteiger partial charge in [-0.3, -0.25) is 15.0 Å². The van der Waals surface area contributed by atoms with Crippen LogP contribution in [0.3, 0.4) is 0 Å². The molecule has 3 rings (SSSR count). The molecule has 0 unspecified atom stereocenters. The first-order chi connectivity index (χ1) is 12.5. The van der Waals surface area contributed by atoms with E-state index in [1.807, 2.05) is 12.1 Å². The molecule has 26 heavy (non-hydrogen) atoms. The highest BCUT2D eigenvalue weighted by Crippen LogP contribution is 2.22. The molecule has 1 saturated heterocycles. The van der Waals surface area contributed by atoms with E-state index in [2.05, 4.69) is 4.90 Å². The van der Waals surface area contributed by atoms with Crippen molar-refractivity contribution in [1.29, 1.82) is 0 Å². The van der Waals surface area contributed by atoms with Gasteiger partial charge in [-0.2, -0.15) is 0 Å². The van der Waals surface area contributed by atoms with Gasteiger partial charge < -0.3 is 9.84 Å². The number of aromatic carboxylic acids is 1. The number of non-ortho nitro benzene ring substituents is 1. The molecule has 0 saturated carbocycles. The van der Waals surface area contributed by atoms with Crippen molar-refractivity contribution < 1.29 is 19.6 Å². The maximum Gasteiger partial charge on any atom is 0.335 e. The fraction of sp³-hybridized carbons (Fsp3) is 0.316. The molecule has 2 aromatic carbocycles. The number of hydrogen-bond donors (Lipinski definition) is 1. The summed E-state index contributed by atoms with van der Waals surface area (Å²) < 4.78 is 5.92. The second-order valence-corrected chi connectivity index (χ2v) is 6.35. The second-order valence-electron chi connectivity index (χ2n) is 6.35. The average Bonchev–Trinajstić information content (AvgIpc) is 2.64. The molecule has 0 radical (unpaired) electrons. The fourth-order valence-corrected chi connectivity index (χ4v) is 3.04. The molecule has 0 aromatic heterocycles. The number of carboxylic acid groups (broad SMARTS) is 1. The van der Waals surface area contributed by atoms with E-state index in [4.69, 9.17) is 9.84 Å². The number of nitrogens with zero attached hydrogens (tertiary/aromatic N) is 2. The summed E-state index contributed by atoms with van der Waals surface area (Å²) in [5.41, 5.74) is 1.44. The molecule has 1 N–H and O–H groups in total. The molecule has 1 aliphatic rings. The van der Waals surface area contributed by atoms with Crippen molar-refractivity contribution >= 4 is 11.7 Å². The number of hydrogen-bond acceptors (Lipinski definition) is 5. The van der Waals surface area contributed by atoms with Crippen LogP contribution in [-0.2, 0) is 6.54 Å². The van der Waals surface area contributed by atoms with Crippen molar-refractivity contribution in [3.63, 3.8) is 0 Å². The van der Waals surface area contributed by atoms with Crippen LogP contribution in [0, 0.1) is 10.1 Å². The van der Waals surface area contributed by atoms with Gasteiger partial charge >= 0.3 is 5.97 Å². The highest BCUT2D eigenvalue weighted by molar-refractivity contribution is 5.87. The van der Waals surface area contributed by atoms with Crippen molar-refractivity contribution in [1.82, 2.24) is 4.90 Å². The van der Waals surface area contributed by atoms with Crippen molar-refractivity contribution in [2.75, 3.05) is 13.1 Å². The summed E-state index contributed by atoms with van der Waals surface area (Å²) in [7, 11) is 0. The third kappa shape index (κ3) is 4.58. The van der Waals surface area contributed by atoms with Crippen LogP contribution in [0.4, 0.5) is 5.69 Å². The zero-order valence-electron chi connectivity index (χ0n) is 14.2. The first-order valence-electron chi connectivity index (χ1n) is 8.47. The Hall–Kier alpha value is -2.93. The van der Waals surface area contributed by atoms with Crippen LogP contribution in [0.15, 0.2) is 48.5 Å². The highest BCUT2D eigenvalue weighted by atomic mass is 16.6. The molecular formula is C19H20N2O5. The minimum absolute atomic E-state index is 0.0566. The summed E-state index contributed by atoms with van der Waals surface area (Å²) in [6.07, 6.45) is 1.86. The van der Waals surface area contributed by atoms with Crippen LogP contribution in [0.1, 0.15) is 28.8 Å². The normalized spacial score (nSPS) is 15.5. The largest absolute Gasteiger partial charge is 0.490 e. The van der Waals surface area contributed by atoms with Crippen LogP contribution in [0.2, 0.25) is 0 Å². The number of piperidine rings is 1. The van der Waals surface area contributed by atoms with E-state index in [9.17, 15) is 14.9 Å². The van der Waals surface area contributed by atoms with E-state index < -0.39 is 10.9 Å². The van der Waals surface area contributed by atoms with Crippen LogP contribution in [0.25, 0.3) is 0 Å². The van der Waals surface area contributed by atoms with Gasteiger partial charge in [-0.1, -0.05) is 12.1 Å². The zero-order chi connectivity index (χ0) is 18.5. The lowest BCUT2D eigenvalue weighted by atomic mass is 10.1. The molecule has 136 valence electrons. The van der Waals surface area contributed by atoms with Gasteiger partial charge in [0.25, 0.3) is 5.69 Å². The van der Waals surface area contributed by atoms with E-state index in [0.29, 0.717) is 11.3 Å². The molecule has 1 heterocycles. The van der Waals surface area contributed by atoms with Crippen molar-refractivity contribution in [2.45, 2.75) is 25.5 Å². The number of rotatable bonds is 6. The molecule has 0 bridgehead atoms. The Bertz CT molecular complexity index is 698. The number of nitro groups is 1. The van der Waals surface area contributed by atoms with Crippen LogP contribution in [0.5, 0.6) is 5.75 Å². The summed E-state index contributed by atoms with van der Waals surface area (Å²) in [6.45, 7) is 2.56. The minimum Gasteiger partial charge on any atom is -0.490 e. The van der Waals surface area contributed by atoms with Gasteiger partial charge in [0.05, 0.1) is 10.5 Å². The summed E-state index contributed by atoms with van der Waals surface area (Å²) in [6, 6.07) is 13.1. The molecular weight excluding hydrogens is 336 g/mol. The Balaban J connectivity index is 1.47. The monoisotopic (exact) mass is 356 g/mol. The van der Waals surface area contributed by atoms with E-state index in [1.165, 1.54) is 12.1 Å². The van der Waals surface area contributed by atoms with Gasteiger partial charge in [0.15, 0.2) is 0 Å². The predicted octanol–water partition coefficient (Wildman–Crippen LogP) is 3.34. The quantitative estimate of drug-likeness (QED) is 0.630. The van der Waals surface area contributed by atoms with Crippen LogP contribution >= 0.6 is 0 Å². The second kappa shape index (κ2) is 7.97. The standard InChI is InChI=1S/C19H20N2O5/c22-19(23)15-3-1-14(2-4-15)13-20-11-9-18(10-12-20)26-17-7-5-16(6-8-17)21(24)25/h1-8,18H,9-13H2,(H,22,23). The van der Waals surface area contributed by atoms with Crippen molar-refractivity contribution in [3.8, 4) is 5.75 Å². The topological polar surface area (TPSA) is 92.9 Å². The molecule has 1 fully saturated rings. The fourth-order valence-electron chi connectivity index (χ4n) is 3.04. The molecule has 7 heteroatoms. The molecule has 1 aliphatic heterocycles. The van der Waals surface area contributed by atoms with Crippen molar-refractivity contribution in [2.24, 2.45) is 0 Å². The van der Waals surface area contributed by atoms with Gasteiger partial charge in [-0.05, 0) is 42.7 Å². The van der Waals surface area contributed by atoms with E-state index in [0.717, 1.165) is 38.0 Å². The Labute approximate surface area is 151 Å².